The fourth-order valence-electron chi connectivity index (χ4n) is 15.8. The number of carboxylic acids is 5. The SMILES string of the molecule is CC1(C)C(COO)C(C(=O)O)C(C)(C)N1O.CC1(C)CC(C(=O)O)C(C)(C)N1O.CC1(C)CC(C(=O)O)CC(C)(C)N1O.CC1(C)CC(CC(=O)O)CC(C)(C)N1O.CC1(C)CC(CCC(=O)O)CC(C)(C)N1O.CCC1CC(C)(C)N(O)C1(C)C. The Labute approximate surface area is 514 Å². The zero-order chi connectivity index (χ0) is 68.3. The van der Waals surface area contributed by atoms with Gasteiger partial charge in [0, 0.05) is 74.1 Å². The molecule has 12 N–H and O–H groups in total. The zero-order valence-corrected chi connectivity index (χ0v) is 57.2. The molecule has 86 heavy (non-hydrogen) atoms. The molecule has 0 aromatic carbocycles. The van der Waals surface area contributed by atoms with Crippen molar-refractivity contribution in [2.24, 2.45) is 41.4 Å². The zero-order valence-electron chi connectivity index (χ0n) is 57.2. The molecule has 0 saturated carbocycles. The second-order valence-corrected chi connectivity index (χ2v) is 32.6. The third-order valence-electron chi connectivity index (χ3n) is 19.7. The van der Waals surface area contributed by atoms with Gasteiger partial charge in [-0.05, 0) is 242 Å². The van der Waals surface area contributed by atoms with Gasteiger partial charge in [-0.2, -0.15) is 30.4 Å². The lowest BCUT2D eigenvalue weighted by atomic mass is 9.74. The molecule has 506 valence electrons. The number of hydrogen-bond donors (Lipinski definition) is 12. The summed E-state index contributed by atoms with van der Waals surface area (Å²) in [6, 6.07) is 0. The predicted molar refractivity (Wildman–Crippen MR) is 323 cm³/mol. The van der Waals surface area contributed by atoms with Gasteiger partial charge in [0.1, 0.15) is 0 Å². The van der Waals surface area contributed by atoms with Crippen LogP contribution in [0.3, 0.4) is 0 Å². The second kappa shape index (κ2) is 28.5. The number of carboxylic acid groups (broad SMARTS) is 5. The van der Waals surface area contributed by atoms with Crippen molar-refractivity contribution < 1.29 is 90.9 Å². The molecule has 0 radical (unpaired) electrons. The summed E-state index contributed by atoms with van der Waals surface area (Å²) < 4.78 is 0. The molecule has 0 aromatic heterocycles. The van der Waals surface area contributed by atoms with E-state index >= 15 is 0 Å². The van der Waals surface area contributed by atoms with Gasteiger partial charge in [0.2, 0.25) is 0 Å². The fraction of sp³-hybridized carbons (Fsp3) is 0.919. The standard InChI is InChI=1S/C12H23NO3.C11H21NO3.C10H19NO5.C10H19NO3.C10H21NO.C9H17NO3/c1-11(2)7-9(5-6-10(14)15)8-12(3,4)13(11)16;1-10(2)6-8(5-9(13)14)7-11(3,4)12(10)15;1-9(2)6(5-16-15)7(8(12)13)10(3,4)11(9)14;1-9(2)5-7(8(12)13)6-10(3,4)11(9)14;1-6-8-7-9(2,3)11(12)10(8,4)5;1-8(2)5-6(7(11)12)9(3,4)10(8)13/h9,16H,5-8H2,1-4H3,(H,14,15);8,15H,5-7H2,1-4H3,(H,13,14);6-7,14-15H,5H2,1-4H3,(H,12,13);7,14H,5-6H2,1-4H3,(H,12,13);8,12H,6-7H2,1-5H3;6,13H,5H2,1-4H3,(H,11,12). The van der Waals surface area contributed by atoms with Crippen LogP contribution in [0.2, 0.25) is 0 Å². The molecular formula is C62H120N6O18. The molecule has 0 aromatic rings. The van der Waals surface area contributed by atoms with Crippen molar-refractivity contribution in [1.29, 1.82) is 0 Å². The minimum Gasteiger partial charge on any atom is -0.481 e. The number of aliphatic carboxylic acids is 5. The van der Waals surface area contributed by atoms with Crippen LogP contribution in [0.4, 0.5) is 0 Å². The summed E-state index contributed by atoms with van der Waals surface area (Å²) >= 11 is 0. The van der Waals surface area contributed by atoms with Gasteiger partial charge in [-0.1, -0.05) is 13.3 Å². The van der Waals surface area contributed by atoms with Crippen molar-refractivity contribution in [3.8, 4) is 0 Å². The second-order valence-electron chi connectivity index (χ2n) is 32.6. The lowest BCUT2D eigenvalue weighted by Gasteiger charge is -2.51. The first-order valence-electron chi connectivity index (χ1n) is 30.5. The summed E-state index contributed by atoms with van der Waals surface area (Å²) in [5.41, 5.74) is -5.09. The maximum Gasteiger partial charge on any atom is 0.308 e. The lowest BCUT2D eigenvalue weighted by Crippen LogP contribution is -2.59. The molecule has 6 heterocycles. The van der Waals surface area contributed by atoms with Gasteiger partial charge >= 0.3 is 29.8 Å². The Bertz CT molecular complexity index is 2230. The Morgan fingerprint density at radius 3 is 1.00 bits per heavy atom. The summed E-state index contributed by atoms with van der Waals surface area (Å²) in [7, 11) is 0. The number of hydrogen-bond acceptors (Lipinski definition) is 19. The molecule has 6 aliphatic rings. The number of rotatable bonds is 11. The van der Waals surface area contributed by atoms with Crippen LogP contribution in [0.1, 0.15) is 250 Å². The van der Waals surface area contributed by atoms with Crippen LogP contribution in [-0.2, 0) is 28.9 Å². The molecule has 6 saturated heterocycles. The first kappa shape index (κ1) is 80.8. The van der Waals surface area contributed by atoms with Crippen molar-refractivity contribution >= 4 is 29.8 Å². The van der Waals surface area contributed by atoms with E-state index in [9.17, 15) is 60.3 Å². The summed E-state index contributed by atoms with van der Waals surface area (Å²) in [4.78, 5) is 58.5. The van der Waals surface area contributed by atoms with Gasteiger partial charge in [-0.15, -0.1) is 0 Å². The van der Waals surface area contributed by atoms with Crippen molar-refractivity contribution in [3.05, 3.63) is 0 Å². The lowest BCUT2D eigenvalue weighted by molar-refractivity contribution is -0.261. The minimum atomic E-state index is -1.00. The number of nitrogens with zero attached hydrogens (tertiary/aromatic N) is 6. The number of carbonyl (C=O) groups is 5. The van der Waals surface area contributed by atoms with E-state index in [0.29, 0.717) is 37.5 Å². The van der Waals surface area contributed by atoms with E-state index < -0.39 is 80.8 Å². The maximum atomic E-state index is 11.3. The highest BCUT2D eigenvalue weighted by atomic mass is 17.1. The Morgan fingerprint density at radius 1 is 0.395 bits per heavy atom. The smallest absolute Gasteiger partial charge is 0.308 e. The van der Waals surface area contributed by atoms with Crippen LogP contribution in [0.15, 0.2) is 0 Å². The van der Waals surface area contributed by atoms with E-state index in [4.69, 9.17) is 25.7 Å². The van der Waals surface area contributed by atoms with Gasteiger partial charge in [0.05, 0.1) is 35.4 Å². The minimum absolute atomic E-state index is 0.0514. The highest BCUT2D eigenvalue weighted by Crippen LogP contribution is 2.50. The molecule has 24 nitrogen and oxygen atoms in total. The summed E-state index contributed by atoms with van der Waals surface area (Å²) in [6.45, 7) is 47.7. The van der Waals surface area contributed by atoms with Gasteiger partial charge in [-0.3, -0.25) is 29.2 Å². The topological polar surface area (TPSA) is 357 Å². The van der Waals surface area contributed by atoms with Crippen molar-refractivity contribution in [3.63, 3.8) is 0 Å². The van der Waals surface area contributed by atoms with Crippen LogP contribution >= 0.6 is 0 Å². The summed E-state index contributed by atoms with van der Waals surface area (Å²) in [5, 5.41) is 121. The van der Waals surface area contributed by atoms with Gasteiger partial charge in [-0.25, -0.2) is 4.89 Å². The van der Waals surface area contributed by atoms with Crippen LogP contribution < -0.4 is 0 Å². The Kier molecular flexibility index (Phi) is 26.8. The van der Waals surface area contributed by atoms with Crippen LogP contribution in [0.25, 0.3) is 0 Å². The maximum absolute atomic E-state index is 11.3. The molecular weight excluding hydrogens is 1120 g/mol. The largest absolute Gasteiger partial charge is 0.481 e. The first-order valence-corrected chi connectivity index (χ1v) is 30.5. The van der Waals surface area contributed by atoms with E-state index in [0.717, 1.165) is 43.6 Å². The Morgan fingerprint density at radius 2 is 0.744 bits per heavy atom. The van der Waals surface area contributed by atoms with Crippen molar-refractivity contribution in [2.75, 3.05) is 6.61 Å². The fourth-order valence-corrected chi connectivity index (χ4v) is 15.8. The number of hydroxylamine groups is 12. The molecule has 0 bridgehead atoms. The normalized spacial score (nSPS) is 29.5. The van der Waals surface area contributed by atoms with Crippen molar-refractivity contribution in [2.45, 2.75) is 317 Å². The third kappa shape index (κ3) is 19.4. The molecule has 6 aliphatic heterocycles. The van der Waals surface area contributed by atoms with Gasteiger partial charge < -0.3 is 56.8 Å². The van der Waals surface area contributed by atoms with Crippen LogP contribution in [0, 0.1) is 41.4 Å². The van der Waals surface area contributed by atoms with E-state index in [-0.39, 0.29) is 64.5 Å². The van der Waals surface area contributed by atoms with Gasteiger partial charge in [0.25, 0.3) is 0 Å². The summed E-state index contributed by atoms with van der Waals surface area (Å²) in [5.74, 6) is -5.12. The molecule has 0 aliphatic carbocycles. The third-order valence-corrected chi connectivity index (χ3v) is 19.7. The molecule has 4 unspecified atom stereocenters. The average Bonchev–Trinajstić information content (AvgIpc) is 2.44. The summed E-state index contributed by atoms with van der Waals surface area (Å²) in [6.07, 6.45) is 7.95. The molecule has 6 rings (SSSR count). The predicted octanol–water partition coefficient (Wildman–Crippen LogP) is 11.4. The monoisotopic (exact) mass is 1240 g/mol. The Hall–Kier alpha value is -3.21. The highest BCUT2D eigenvalue weighted by molar-refractivity contribution is 5.73. The highest BCUT2D eigenvalue weighted by Gasteiger charge is 2.62. The quantitative estimate of drug-likeness (QED) is 0.0675. The molecule has 6 fully saturated rings. The van der Waals surface area contributed by atoms with E-state index in [2.05, 4.69) is 39.5 Å². The first-order chi connectivity index (χ1) is 38.1. The molecule has 4 atom stereocenters. The van der Waals surface area contributed by atoms with Crippen molar-refractivity contribution in [1.82, 2.24) is 30.4 Å². The molecule has 24 heteroatoms. The van der Waals surface area contributed by atoms with E-state index in [1.165, 1.54) is 25.3 Å². The van der Waals surface area contributed by atoms with Gasteiger partial charge in [0.15, 0.2) is 0 Å². The van der Waals surface area contributed by atoms with Crippen LogP contribution in [-0.4, -0.2) is 195 Å². The van der Waals surface area contributed by atoms with E-state index in [1.807, 2.05) is 96.9 Å². The van der Waals surface area contributed by atoms with E-state index in [1.54, 1.807) is 41.5 Å². The molecule has 0 amide bonds. The Balaban J connectivity index is 0.000000517. The van der Waals surface area contributed by atoms with Crippen LogP contribution in [0.5, 0.6) is 0 Å². The average molecular weight is 1240 g/mol. The molecule has 0 spiro atoms. The number of piperidine rings is 3.